The molecule has 1 aliphatic rings. The third-order valence-corrected chi connectivity index (χ3v) is 5.00. The lowest BCUT2D eigenvalue weighted by atomic mass is 9.81. The number of hydrogen-bond donors (Lipinski definition) is 2. The maximum absolute atomic E-state index is 11.9. The fourth-order valence-electron chi connectivity index (χ4n) is 2.87. The lowest BCUT2D eigenvalue weighted by molar-refractivity contribution is 0.0702. The summed E-state index contributed by atoms with van der Waals surface area (Å²) in [4.78, 5) is 23.3. The summed E-state index contributed by atoms with van der Waals surface area (Å²) in [5.74, 6) is 0.383. The highest BCUT2D eigenvalue weighted by Crippen LogP contribution is 2.30. The number of thiophene rings is 1. The van der Waals surface area contributed by atoms with E-state index in [-0.39, 0.29) is 10.8 Å². The molecule has 1 aromatic heterocycles. The zero-order valence-corrected chi connectivity index (χ0v) is 12.5. The Labute approximate surface area is 123 Å². The van der Waals surface area contributed by atoms with Gasteiger partial charge in [0.15, 0.2) is 0 Å². The van der Waals surface area contributed by atoms with Gasteiger partial charge >= 0.3 is 5.97 Å². The van der Waals surface area contributed by atoms with Gasteiger partial charge < -0.3 is 10.4 Å². The van der Waals surface area contributed by atoms with Crippen molar-refractivity contribution < 1.29 is 14.7 Å². The van der Waals surface area contributed by atoms with Crippen LogP contribution in [0.1, 0.15) is 58.4 Å². The first-order valence-electron chi connectivity index (χ1n) is 7.17. The number of carbonyl (C=O) groups is 2. The van der Waals surface area contributed by atoms with Gasteiger partial charge in [0.05, 0.1) is 4.88 Å². The monoisotopic (exact) mass is 295 g/mol. The van der Waals surface area contributed by atoms with Crippen LogP contribution < -0.4 is 5.32 Å². The van der Waals surface area contributed by atoms with E-state index in [4.69, 9.17) is 5.11 Å². The zero-order valence-electron chi connectivity index (χ0n) is 11.7. The minimum absolute atomic E-state index is 0.161. The van der Waals surface area contributed by atoms with Gasteiger partial charge in [0.2, 0.25) is 0 Å². The van der Waals surface area contributed by atoms with Crippen LogP contribution in [0.25, 0.3) is 0 Å². The molecule has 2 unspecified atom stereocenters. The molecule has 0 radical (unpaired) electrons. The summed E-state index contributed by atoms with van der Waals surface area (Å²) in [5.41, 5.74) is 0. The molecule has 1 heterocycles. The Bertz CT molecular complexity index is 483. The van der Waals surface area contributed by atoms with Crippen LogP contribution in [0, 0.1) is 11.8 Å². The van der Waals surface area contributed by atoms with Crippen LogP contribution in [0.5, 0.6) is 0 Å². The first kappa shape index (κ1) is 15.0. The lowest BCUT2D eigenvalue weighted by Crippen LogP contribution is -2.26. The van der Waals surface area contributed by atoms with E-state index in [2.05, 4.69) is 12.2 Å². The van der Waals surface area contributed by atoms with Gasteiger partial charge in [-0.1, -0.05) is 26.2 Å². The lowest BCUT2D eigenvalue weighted by Gasteiger charge is -2.26. The number of carboxylic acid groups (broad SMARTS) is 1. The standard InChI is InChI=1S/C15H21NO3S/c1-10-3-2-4-11(9-10)7-8-16-14(17)12-5-6-13(20-12)15(18)19/h5-6,10-11H,2-4,7-9H2,1H3,(H,16,17)(H,18,19). The van der Waals surface area contributed by atoms with Crippen LogP contribution in [-0.2, 0) is 0 Å². The van der Waals surface area contributed by atoms with E-state index in [1.807, 2.05) is 0 Å². The van der Waals surface area contributed by atoms with Crippen LogP contribution >= 0.6 is 11.3 Å². The summed E-state index contributed by atoms with van der Waals surface area (Å²) in [6.07, 6.45) is 6.18. The Morgan fingerprint density at radius 3 is 2.75 bits per heavy atom. The minimum Gasteiger partial charge on any atom is -0.477 e. The predicted octanol–water partition coefficient (Wildman–Crippen LogP) is 3.39. The van der Waals surface area contributed by atoms with Crippen molar-refractivity contribution in [3.05, 3.63) is 21.9 Å². The smallest absolute Gasteiger partial charge is 0.345 e. The fraction of sp³-hybridized carbons (Fsp3) is 0.600. The van der Waals surface area contributed by atoms with Gasteiger partial charge in [-0.25, -0.2) is 4.79 Å². The Kier molecular flexibility index (Phi) is 5.17. The molecule has 0 spiro atoms. The van der Waals surface area contributed by atoms with Crippen molar-refractivity contribution >= 4 is 23.2 Å². The summed E-state index contributed by atoms with van der Waals surface area (Å²) in [7, 11) is 0. The number of amides is 1. The molecule has 1 fully saturated rings. The molecule has 4 nitrogen and oxygen atoms in total. The van der Waals surface area contributed by atoms with Gasteiger partial charge in [0.1, 0.15) is 4.88 Å². The van der Waals surface area contributed by atoms with Crippen LogP contribution in [0.4, 0.5) is 0 Å². The largest absolute Gasteiger partial charge is 0.477 e. The minimum atomic E-state index is -0.981. The molecular formula is C15H21NO3S. The van der Waals surface area contributed by atoms with Crippen LogP contribution in [0.2, 0.25) is 0 Å². The van der Waals surface area contributed by atoms with Gasteiger partial charge in [-0.05, 0) is 36.8 Å². The number of aromatic carboxylic acids is 1. The van der Waals surface area contributed by atoms with Gasteiger partial charge in [0, 0.05) is 6.54 Å². The molecule has 1 saturated carbocycles. The second-order valence-electron chi connectivity index (χ2n) is 5.65. The van der Waals surface area contributed by atoms with E-state index >= 15 is 0 Å². The first-order chi connectivity index (χ1) is 9.56. The van der Waals surface area contributed by atoms with E-state index in [0.717, 1.165) is 29.6 Å². The molecule has 0 aliphatic heterocycles. The molecule has 1 aromatic rings. The third kappa shape index (κ3) is 4.07. The van der Waals surface area contributed by atoms with Gasteiger partial charge in [-0.2, -0.15) is 0 Å². The molecule has 20 heavy (non-hydrogen) atoms. The molecule has 2 N–H and O–H groups in total. The number of carboxylic acids is 1. The molecule has 0 aromatic carbocycles. The Morgan fingerprint density at radius 2 is 2.10 bits per heavy atom. The molecule has 2 rings (SSSR count). The highest BCUT2D eigenvalue weighted by Gasteiger charge is 2.19. The van der Waals surface area contributed by atoms with Gasteiger partial charge in [-0.15, -0.1) is 11.3 Å². The Balaban J connectivity index is 1.75. The quantitative estimate of drug-likeness (QED) is 0.875. The van der Waals surface area contributed by atoms with E-state index in [0.29, 0.717) is 11.4 Å². The summed E-state index contributed by atoms with van der Waals surface area (Å²) in [5, 5.41) is 11.7. The summed E-state index contributed by atoms with van der Waals surface area (Å²) in [6.45, 7) is 2.97. The Morgan fingerprint density at radius 1 is 1.35 bits per heavy atom. The highest BCUT2D eigenvalue weighted by atomic mass is 32.1. The molecule has 1 amide bonds. The summed E-state index contributed by atoms with van der Waals surface area (Å²) < 4.78 is 0. The van der Waals surface area contributed by atoms with Crippen LogP contribution in [-0.4, -0.2) is 23.5 Å². The third-order valence-electron chi connectivity index (χ3n) is 3.92. The second kappa shape index (κ2) is 6.88. The Hall–Kier alpha value is -1.36. The number of rotatable bonds is 5. The van der Waals surface area contributed by atoms with E-state index in [1.165, 1.54) is 31.7 Å². The molecule has 0 bridgehead atoms. The zero-order chi connectivity index (χ0) is 14.5. The van der Waals surface area contributed by atoms with E-state index in [1.54, 1.807) is 6.07 Å². The van der Waals surface area contributed by atoms with Gasteiger partial charge in [-0.3, -0.25) is 4.79 Å². The van der Waals surface area contributed by atoms with E-state index in [9.17, 15) is 9.59 Å². The van der Waals surface area contributed by atoms with Crippen molar-refractivity contribution in [2.45, 2.75) is 39.0 Å². The average Bonchev–Trinajstić information content (AvgIpc) is 2.88. The van der Waals surface area contributed by atoms with Crippen molar-refractivity contribution in [1.82, 2.24) is 5.32 Å². The van der Waals surface area contributed by atoms with Crippen LogP contribution in [0.3, 0.4) is 0 Å². The predicted molar refractivity (Wildman–Crippen MR) is 79.4 cm³/mol. The molecule has 2 atom stereocenters. The highest BCUT2D eigenvalue weighted by molar-refractivity contribution is 7.15. The normalized spacial score (nSPS) is 22.4. The number of nitrogens with one attached hydrogen (secondary N) is 1. The first-order valence-corrected chi connectivity index (χ1v) is 7.99. The van der Waals surface area contributed by atoms with Crippen LogP contribution in [0.15, 0.2) is 12.1 Å². The summed E-state index contributed by atoms with van der Waals surface area (Å²) >= 11 is 1.02. The number of carbonyl (C=O) groups excluding carboxylic acids is 1. The average molecular weight is 295 g/mol. The maximum atomic E-state index is 11.9. The maximum Gasteiger partial charge on any atom is 0.345 e. The topological polar surface area (TPSA) is 66.4 Å². The van der Waals surface area contributed by atoms with E-state index < -0.39 is 5.97 Å². The van der Waals surface area contributed by atoms with Crippen molar-refractivity contribution in [3.8, 4) is 0 Å². The fourth-order valence-corrected chi connectivity index (χ4v) is 3.63. The van der Waals surface area contributed by atoms with Crippen molar-refractivity contribution in [2.75, 3.05) is 6.54 Å². The molecular weight excluding hydrogens is 274 g/mol. The van der Waals surface area contributed by atoms with Crippen molar-refractivity contribution in [3.63, 3.8) is 0 Å². The number of hydrogen-bond acceptors (Lipinski definition) is 3. The molecule has 110 valence electrons. The summed E-state index contributed by atoms with van der Waals surface area (Å²) in [6, 6.07) is 3.05. The van der Waals surface area contributed by atoms with Crippen molar-refractivity contribution in [2.24, 2.45) is 11.8 Å². The SMILES string of the molecule is CC1CCCC(CCNC(=O)c2ccc(C(=O)O)s2)C1. The van der Waals surface area contributed by atoms with Gasteiger partial charge in [0.25, 0.3) is 5.91 Å². The van der Waals surface area contributed by atoms with Crippen molar-refractivity contribution in [1.29, 1.82) is 0 Å². The molecule has 1 aliphatic carbocycles. The molecule has 5 heteroatoms. The molecule has 0 saturated heterocycles. The second-order valence-corrected chi connectivity index (χ2v) is 6.74.